The Bertz CT molecular complexity index is 370. The van der Waals surface area contributed by atoms with Crippen LogP contribution in [-0.4, -0.2) is 12.4 Å². The molecule has 1 fully saturated rings. The van der Waals surface area contributed by atoms with E-state index in [1.54, 1.807) is 0 Å². The van der Waals surface area contributed by atoms with Gasteiger partial charge in [0, 0.05) is 13.0 Å². The summed E-state index contributed by atoms with van der Waals surface area (Å²) in [6.07, 6.45) is 2.98. The fraction of sp³-hybridized carbons (Fsp3) is 0.364. The molecule has 0 aromatic heterocycles. The smallest absolute Gasteiger partial charge is 0.100 e. The number of benzene rings is 1. The lowest BCUT2D eigenvalue weighted by atomic mass is 10.1. The van der Waals surface area contributed by atoms with E-state index < -0.39 is 0 Å². The Hall–Kier alpha value is -0.730. The van der Waals surface area contributed by atoms with Gasteiger partial charge < -0.3 is 4.90 Å². The van der Waals surface area contributed by atoms with Gasteiger partial charge in [0.05, 0.1) is 15.7 Å². The molecule has 0 saturated carbocycles. The summed E-state index contributed by atoms with van der Waals surface area (Å²) in [5.74, 6) is 0.608. The number of nitrogens with zero attached hydrogens (tertiary/aromatic N) is 1. The molecule has 0 unspecified atom stereocenters. The number of nitrogens with one attached hydrogen (secondary N) is 1. The third-order valence-corrected chi connectivity index (χ3v) is 3.19. The zero-order valence-electron chi connectivity index (χ0n) is 8.26. The number of hydrogen-bond acceptors (Lipinski definition) is 1. The van der Waals surface area contributed by atoms with Crippen LogP contribution in [0.5, 0.6) is 0 Å². The van der Waals surface area contributed by atoms with Gasteiger partial charge in [0.15, 0.2) is 0 Å². The van der Waals surface area contributed by atoms with Gasteiger partial charge in [0.25, 0.3) is 0 Å². The fourth-order valence-electron chi connectivity index (χ4n) is 1.83. The van der Waals surface area contributed by atoms with Crippen molar-refractivity contribution in [1.29, 1.82) is 5.41 Å². The molecule has 0 spiro atoms. The van der Waals surface area contributed by atoms with E-state index in [1.165, 1.54) is 0 Å². The van der Waals surface area contributed by atoms with E-state index in [9.17, 15) is 0 Å². The second kappa shape index (κ2) is 4.42. The highest BCUT2D eigenvalue weighted by Crippen LogP contribution is 2.35. The van der Waals surface area contributed by atoms with Gasteiger partial charge in [-0.3, -0.25) is 5.41 Å². The van der Waals surface area contributed by atoms with E-state index >= 15 is 0 Å². The monoisotopic (exact) mass is 242 g/mol. The fourth-order valence-corrected chi connectivity index (χ4v) is 2.43. The molecule has 1 aromatic rings. The van der Waals surface area contributed by atoms with E-state index in [1.807, 2.05) is 23.1 Å². The van der Waals surface area contributed by atoms with Crippen LogP contribution in [0.1, 0.15) is 19.3 Å². The second-order valence-electron chi connectivity index (χ2n) is 3.63. The summed E-state index contributed by atoms with van der Waals surface area (Å²) in [4.78, 5) is 1.91. The van der Waals surface area contributed by atoms with Crippen LogP contribution in [0, 0.1) is 5.41 Å². The molecule has 1 aliphatic heterocycles. The molecule has 1 aliphatic rings. The van der Waals surface area contributed by atoms with Crippen LogP contribution in [0.15, 0.2) is 18.2 Å². The summed E-state index contributed by atoms with van der Waals surface area (Å²) in [5.41, 5.74) is 0.783. The van der Waals surface area contributed by atoms with E-state index in [-0.39, 0.29) is 0 Å². The lowest BCUT2D eigenvalue weighted by Gasteiger charge is -2.30. The van der Waals surface area contributed by atoms with E-state index in [4.69, 9.17) is 28.6 Å². The minimum atomic E-state index is 0.608. The molecule has 0 atom stereocenters. The lowest BCUT2D eigenvalue weighted by Crippen LogP contribution is -2.35. The standard InChI is InChI=1S/C11H12Cl2N2/c12-8-4-3-5-9(13)11(8)15-7-2-1-6-10(15)14/h3-5,14H,1-2,6-7H2. The van der Waals surface area contributed by atoms with Crippen LogP contribution in [0.25, 0.3) is 0 Å². The first kappa shape index (κ1) is 10.8. The lowest BCUT2D eigenvalue weighted by molar-refractivity contribution is 0.707. The topological polar surface area (TPSA) is 27.1 Å². The van der Waals surface area contributed by atoms with Crippen molar-refractivity contribution in [3.63, 3.8) is 0 Å². The number of para-hydroxylation sites is 1. The third kappa shape index (κ3) is 2.11. The molecule has 15 heavy (non-hydrogen) atoms. The van der Waals surface area contributed by atoms with Crippen LogP contribution >= 0.6 is 23.2 Å². The molecule has 0 bridgehead atoms. The molecule has 1 aromatic carbocycles. The zero-order valence-corrected chi connectivity index (χ0v) is 9.78. The average Bonchev–Trinajstić information content (AvgIpc) is 2.20. The molecule has 0 amide bonds. The summed E-state index contributed by atoms with van der Waals surface area (Å²) in [7, 11) is 0. The quantitative estimate of drug-likeness (QED) is 0.794. The summed E-state index contributed by atoms with van der Waals surface area (Å²) < 4.78 is 0. The van der Waals surface area contributed by atoms with Gasteiger partial charge in [-0.05, 0) is 25.0 Å². The van der Waals surface area contributed by atoms with Crippen LogP contribution in [-0.2, 0) is 0 Å². The van der Waals surface area contributed by atoms with Crippen LogP contribution < -0.4 is 4.90 Å². The van der Waals surface area contributed by atoms with Gasteiger partial charge in [-0.2, -0.15) is 0 Å². The summed E-state index contributed by atoms with van der Waals surface area (Å²) in [6.45, 7) is 0.836. The maximum absolute atomic E-state index is 7.89. The molecule has 2 nitrogen and oxygen atoms in total. The highest BCUT2D eigenvalue weighted by atomic mass is 35.5. The molecule has 80 valence electrons. The Morgan fingerprint density at radius 1 is 1.13 bits per heavy atom. The molecule has 4 heteroatoms. The van der Waals surface area contributed by atoms with Gasteiger partial charge in [-0.1, -0.05) is 29.3 Å². The Labute approximate surface area is 99.3 Å². The molecule has 2 rings (SSSR count). The second-order valence-corrected chi connectivity index (χ2v) is 4.44. The van der Waals surface area contributed by atoms with Gasteiger partial charge >= 0.3 is 0 Å². The van der Waals surface area contributed by atoms with Gasteiger partial charge in [0.2, 0.25) is 0 Å². The van der Waals surface area contributed by atoms with E-state index in [0.717, 1.165) is 31.5 Å². The highest BCUT2D eigenvalue weighted by Gasteiger charge is 2.20. The van der Waals surface area contributed by atoms with E-state index in [0.29, 0.717) is 15.9 Å². The number of piperidine rings is 1. The van der Waals surface area contributed by atoms with Crippen molar-refractivity contribution in [3.05, 3.63) is 28.2 Å². The Balaban J connectivity index is 2.39. The van der Waals surface area contributed by atoms with Crippen molar-refractivity contribution in [2.75, 3.05) is 11.4 Å². The molecule has 1 N–H and O–H groups in total. The Kier molecular flexibility index (Phi) is 3.17. The molecule has 1 heterocycles. The minimum absolute atomic E-state index is 0.608. The summed E-state index contributed by atoms with van der Waals surface area (Å²) in [5, 5.41) is 9.12. The van der Waals surface area contributed by atoms with Crippen molar-refractivity contribution in [1.82, 2.24) is 0 Å². The van der Waals surface area contributed by atoms with Crippen LogP contribution in [0.3, 0.4) is 0 Å². The number of halogens is 2. The van der Waals surface area contributed by atoms with E-state index in [2.05, 4.69) is 0 Å². The van der Waals surface area contributed by atoms with Gasteiger partial charge in [0.1, 0.15) is 5.84 Å². The first-order chi connectivity index (χ1) is 7.20. The highest BCUT2D eigenvalue weighted by molar-refractivity contribution is 6.40. The van der Waals surface area contributed by atoms with Crippen LogP contribution in [0.4, 0.5) is 5.69 Å². The predicted molar refractivity (Wildman–Crippen MR) is 65.4 cm³/mol. The Morgan fingerprint density at radius 3 is 2.40 bits per heavy atom. The summed E-state index contributed by atoms with van der Waals surface area (Å²) >= 11 is 12.2. The van der Waals surface area contributed by atoms with Crippen molar-refractivity contribution in [2.45, 2.75) is 19.3 Å². The SMILES string of the molecule is N=C1CCCCN1c1c(Cl)cccc1Cl. The molecular formula is C11H12Cl2N2. The number of rotatable bonds is 1. The van der Waals surface area contributed by atoms with Crippen molar-refractivity contribution >= 4 is 34.7 Å². The Morgan fingerprint density at radius 2 is 1.80 bits per heavy atom. The third-order valence-electron chi connectivity index (χ3n) is 2.58. The van der Waals surface area contributed by atoms with Crippen LogP contribution in [0.2, 0.25) is 10.0 Å². The number of anilines is 1. The first-order valence-electron chi connectivity index (χ1n) is 4.99. The number of amidine groups is 1. The zero-order chi connectivity index (χ0) is 10.8. The maximum atomic E-state index is 7.89. The molecule has 1 saturated heterocycles. The first-order valence-corrected chi connectivity index (χ1v) is 5.74. The van der Waals surface area contributed by atoms with Crippen molar-refractivity contribution in [2.24, 2.45) is 0 Å². The summed E-state index contributed by atoms with van der Waals surface area (Å²) in [6, 6.07) is 5.44. The van der Waals surface area contributed by atoms with Gasteiger partial charge in [-0.25, -0.2) is 0 Å². The normalized spacial score (nSPS) is 16.9. The number of hydrogen-bond donors (Lipinski definition) is 1. The largest absolute Gasteiger partial charge is 0.328 e. The minimum Gasteiger partial charge on any atom is -0.328 e. The maximum Gasteiger partial charge on any atom is 0.100 e. The van der Waals surface area contributed by atoms with Crippen molar-refractivity contribution < 1.29 is 0 Å². The predicted octanol–water partition coefficient (Wildman–Crippen LogP) is 3.96. The molecular weight excluding hydrogens is 231 g/mol. The van der Waals surface area contributed by atoms with Crippen molar-refractivity contribution in [3.8, 4) is 0 Å². The molecule has 0 radical (unpaired) electrons. The molecule has 0 aliphatic carbocycles. The van der Waals surface area contributed by atoms with Gasteiger partial charge in [-0.15, -0.1) is 0 Å². The average molecular weight is 243 g/mol.